The largest absolute Gasteiger partial charge is 0.423 e. The Balaban J connectivity index is 2.16. The van der Waals surface area contributed by atoms with E-state index in [1.54, 1.807) is 20.2 Å². The summed E-state index contributed by atoms with van der Waals surface area (Å²) in [5.41, 5.74) is 0. The molecule has 0 unspecified atom stereocenters. The van der Waals surface area contributed by atoms with Gasteiger partial charge in [-0.15, -0.1) is 0 Å². The van der Waals surface area contributed by atoms with Crippen molar-refractivity contribution in [1.29, 1.82) is 0 Å². The van der Waals surface area contributed by atoms with E-state index in [2.05, 4.69) is 0 Å². The molecular weight excluding hydrogens is 254 g/mol. The average Bonchev–Trinajstić information content (AvgIpc) is 2.45. The van der Waals surface area contributed by atoms with Crippen LogP contribution in [0, 0.1) is 0 Å². The van der Waals surface area contributed by atoms with Crippen molar-refractivity contribution in [3.63, 3.8) is 0 Å². The third-order valence-corrected chi connectivity index (χ3v) is 2.76. The van der Waals surface area contributed by atoms with E-state index >= 15 is 0 Å². The number of fused-ring (bicyclic) bond motifs is 1. The molecule has 0 atom stereocenters. The molecule has 0 aromatic heterocycles. The second-order valence-electron chi connectivity index (χ2n) is 4.46. The van der Waals surface area contributed by atoms with E-state index in [-0.39, 0.29) is 5.91 Å². The van der Waals surface area contributed by atoms with Gasteiger partial charge in [-0.25, -0.2) is 4.79 Å². The van der Waals surface area contributed by atoms with Gasteiger partial charge in [0.15, 0.2) is 0 Å². The summed E-state index contributed by atoms with van der Waals surface area (Å²) in [6.07, 6.45) is 2.32. The molecule has 0 aliphatic carbocycles. The number of rotatable bonds is 3. The van der Waals surface area contributed by atoms with Gasteiger partial charge in [-0.2, -0.15) is 0 Å². The highest BCUT2D eigenvalue weighted by molar-refractivity contribution is 5.96. The van der Waals surface area contributed by atoms with Crippen molar-refractivity contribution >= 4 is 22.6 Å². The molecule has 0 N–H and O–H groups in total. The number of nitrogens with zero attached hydrogens (tertiary/aromatic N) is 1. The molecule has 0 saturated carbocycles. The second-order valence-corrected chi connectivity index (χ2v) is 4.46. The Bertz CT molecular complexity index is 669. The average molecular weight is 269 g/mol. The van der Waals surface area contributed by atoms with Crippen molar-refractivity contribution < 1.29 is 14.3 Å². The third kappa shape index (κ3) is 3.23. The van der Waals surface area contributed by atoms with Crippen molar-refractivity contribution in [3.8, 4) is 5.75 Å². The van der Waals surface area contributed by atoms with Crippen molar-refractivity contribution in [2.75, 3.05) is 14.1 Å². The summed E-state index contributed by atoms with van der Waals surface area (Å²) < 4.78 is 5.26. The molecule has 0 spiro atoms. The molecule has 0 heterocycles. The van der Waals surface area contributed by atoms with Crippen LogP contribution in [0.4, 0.5) is 0 Å². The van der Waals surface area contributed by atoms with Gasteiger partial charge < -0.3 is 9.64 Å². The first-order valence-corrected chi connectivity index (χ1v) is 6.17. The first-order chi connectivity index (χ1) is 9.58. The summed E-state index contributed by atoms with van der Waals surface area (Å²) in [6.45, 7) is 0. The molecule has 0 aliphatic heterocycles. The fourth-order valence-corrected chi connectivity index (χ4v) is 1.72. The van der Waals surface area contributed by atoms with Gasteiger partial charge in [0.25, 0.3) is 0 Å². The summed E-state index contributed by atoms with van der Waals surface area (Å²) in [5.74, 6) is -0.355. The lowest BCUT2D eigenvalue weighted by molar-refractivity contribution is -0.129. The number of benzene rings is 2. The standard InChI is InChI=1S/C16H15NO3/c1-17(2)15(18)10-11-16(19)20-14-9-5-7-12-6-3-4-8-13(12)14/h3-11H,1-2H3/b11-10+. The lowest BCUT2D eigenvalue weighted by Crippen LogP contribution is -2.19. The molecule has 0 saturated heterocycles. The van der Waals surface area contributed by atoms with Crippen molar-refractivity contribution in [1.82, 2.24) is 4.90 Å². The summed E-state index contributed by atoms with van der Waals surface area (Å²) in [5, 5.41) is 1.85. The predicted molar refractivity (Wildman–Crippen MR) is 77.4 cm³/mol. The maximum absolute atomic E-state index is 11.7. The number of hydrogen-bond donors (Lipinski definition) is 0. The smallest absolute Gasteiger partial charge is 0.336 e. The van der Waals surface area contributed by atoms with Crippen LogP contribution in [-0.2, 0) is 9.59 Å². The summed E-state index contributed by atoms with van der Waals surface area (Å²) in [6, 6.07) is 13.1. The van der Waals surface area contributed by atoms with E-state index in [4.69, 9.17) is 4.74 Å². The molecule has 4 heteroatoms. The van der Waals surface area contributed by atoms with E-state index in [9.17, 15) is 9.59 Å². The van der Waals surface area contributed by atoms with Crippen LogP contribution in [0.3, 0.4) is 0 Å². The monoisotopic (exact) mass is 269 g/mol. The number of carbonyl (C=O) groups excluding carboxylic acids is 2. The Labute approximate surface area is 117 Å². The molecule has 102 valence electrons. The fourth-order valence-electron chi connectivity index (χ4n) is 1.72. The molecule has 1 amide bonds. The quantitative estimate of drug-likeness (QED) is 0.488. The third-order valence-electron chi connectivity index (χ3n) is 2.76. The highest BCUT2D eigenvalue weighted by Crippen LogP contribution is 2.25. The second kappa shape index (κ2) is 6.02. The van der Waals surface area contributed by atoms with Gasteiger partial charge in [-0.1, -0.05) is 36.4 Å². The number of carbonyl (C=O) groups is 2. The van der Waals surface area contributed by atoms with Gasteiger partial charge >= 0.3 is 5.97 Å². The van der Waals surface area contributed by atoms with Gasteiger partial charge in [0.1, 0.15) is 5.75 Å². The van der Waals surface area contributed by atoms with Crippen LogP contribution in [0.15, 0.2) is 54.6 Å². The number of amides is 1. The summed E-state index contributed by atoms with van der Waals surface area (Å²) in [7, 11) is 3.23. The molecule has 0 bridgehead atoms. The lowest BCUT2D eigenvalue weighted by atomic mass is 10.1. The van der Waals surface area contributed by atoms with Crippen molar-refractivity contribution in [2.45, 2.75) is 0 Å². The van der Waals surface area contributed by atoms with Crippen LogP contribution in [-0.4, -0.2) is 30.9 Å². The number of esters is 1. The molecular formula is C16H15NO3. The van der Waals surface area contributed by atoms with Gasteiger partial charge in [0, 0.05) is 31.6 Å². The predicted octanol–water partition coefficient (Wildman–Crippen LogP) is 2.39. The Morgan fingerprint density at radius 1 is 1.00 bits per heavy atom. The topological polar surface area (TPSA) is 46.6 Å². The molecule has 0 radical (unpaired) electrons. The van der Waals surface area contributed by atoms with Crippen LogP contribution in [0.5, 0.6) is 5.75 Å². The fraction of sp³-hybridized carbons (Fsp3) is 0.125. The zero-order valence-electron chi connectivity index (χ0n) is 11.4. The van der Waals surface area contributed by atoms with Gasteiger partial charge in [0.2, 0.25) is 5.91 Å². The molecule has 2 aromatic rings. The molecule has 4 nitrogen and oxygen atoms in total. The molecule has 0 fully saturated rings. The zero-order valence-corrected chi connectivity index (χ0v) is 11.4. The summed E-state index contributed by atoms with van der Waals surface area (Å²) >= 11 is 0. The Kier molecular flexibility index (Phi) is 4.15. The van der Waals surface area contributed by atoms with Crippen LogP contribution < -0.4 is 4.74 Å². The van der Waals surface area contributed by atoms with Crippen LogP contribution in [0.25, 0.3) is 10.8 Å². The maximum atomic E-state index is 11.7. The highest BCUT2D eigenvalue weighted by Gasteiger charge is 2.06. The Hall–Kier alpha value is -2.62. The normalized spacial score (nSPS) is 10.7. The highest BCUT2D eigenvalue weighted by atomic mass is 16.5. The lowest BCUT2D eigenvalue weighted by Gasteiger charge is -2.06. The Morgan fingerprint density at radius 2 is 1.70 bits per heavy atom. The van der Waals surface area contributed by atoms with E-state index in [0.29, 0.717) is 5.75 Å². The number of ether oxygens (including phenoxy) is 1. The minimum Gasteiger partial charge on any atom is -0.423 e. The van der Waals surface area contributed by atoms with Gasteiger partial charge in [-0.05, 0) is 11.5 Å². The van der Waals surface area contributed by atoms with E-state index < -0.39 is 5.97 Å². The first-order valence-electron chi connectivity index (χ1n) is 6.17. The molecule has 2 rings (SSSR count). The van der Waals surface area contributed by atoms with Crippen LogP contribution in [0.2, 0.25) is 0 Å². The summed E-state index contributed by atoms with van der Waals surface area (Å²) in [4.78, 5) is 24.4. The Morgan fingerprint density at radius 3 is 2.45 bits per heavy atom. The van der Waals surface area contributed by atoms with Crippen molar-refractivity contribution in [2.24, 2.45) is 0 Å². The minimum atomic E-state index is -0.573. The molecule has 0 aliphatic rings. The molecule has 2 aromatic carbocycles. The number of hydrogen-bond acceptors (Lipinski definition) is 3. The SMILES string of the molecule is CN(C)C(=O)/C=C/C(=O)Oc1cccc2ccccc12. The van der Waals surface area contributed by atoms with E-state index in [1.165, 1.54) is 11.0 Å². The van der Waals surface area contributed by atoms with E-state index in [1.807, 2.05) is 36.4 Å². The number of likely N-dealkylation sites (N-methyl/N-ethyl adjacent to an activating group) is 1. The molecule has 20 heavy (non-hydrogen) atoms. The maximum Gasteiger partial charge on any atom is 0.336 e. The first kappa shape index (κ1) is 13.8. The minimum absolute atomic E-state index is 0.264. The van der Waals surface area contributed by atoms with E-state index in [0.717, 1.165) is 16.8 Å². The zero-order chi connectivity index (χ0) is 14.5. The van der Waals surface area contributed by atoms with Crippen LogP contribution in [0.1, 0.15) is 0 Å². The van der Waals surface area contributed by atoms with Gasteiger partial charge in [0.05, 0.1) is 0 Å². The van der Waals surface area contributed by atoms with Crippen LogP contribution >= 0.6 is 0 Å². The van der Waals surface area contributed by atoms with Gasteiger partial charge in [-0.3, -0.25) is 4.79 Å². The van der Waals surface area contributed by atoms with Crippen molar-refractivity contribution in [3.05, 3.63) is 54.6 Å².